The van der Waals surface area contributed by atoms with E-state index in [1.807, 2.05) is 19.9 Å². The van der Waals surface area contributed by atoms with Crippen LogP contribution in [0.4, 0.5) is 5.95 Å². The number of benzene rings is 2. The molecule has 0 atom stereocenters. The SMILES string of the molecule is COc1cc2nc(NC(C)C)ncc2cc1-c1ccccc1C(=O)O. The van der Waals surface area contributed by atoms with E-state index in [4.69, 9.17) is 4.74 Å². The third-order valence-electron chi connectivity index (χ3n) is 3.77. The van der Waals surface area contributed by atoms with Crippen molar-refractivity contribution >= 4 is 22.8 Å². The minimum atomic E-state index is -0.981. The molecule has 2 N–H and O–H groups in total. The summed E-state index contributed by atoms with van der Waals surface area (Å²) in [6.45, 7) is 4.03. The van der Waals surface area contributed by atoms with Crippen molar-refractivity contribution in [1.29, 1.82) is 0 Å². The van der Waals surface area contributed by atoms with Gasteiger partial charge in [-0.1, -0.05) is 18.2 Å². The largest absolute Gasteiger partial charge is 0.496 e. The first-order chi connectivity index (χ1) is 12.0. The van der Waals surface area contributed by atoms with E-state index in [0.29, 0.717) is 22.8 Å². The molecule has 0 aliphatic carbocycles. The zero-order valence-electron chi connectivity index (χ0n) is 14.3. The van der Waals surface area contributed by atoms with Crippen LogP contribution in [0.5, 0.6) is 5.75 Å². The van der Waals surface area contributed by atoms with Crippen LogP contribution in [0.25, 0.3) is 22.0 Å². The average molecular weight is 337 g/mol. The van der Waals surface area contributed by atoms with Crippen molar-refractivity contribution in [3.05, 3.63) is 48.2 Å². The molecular weight excluding hydrogens is 318 g/mol. The molecule has 0 saturated carbocycles. The van der Waals surface area contributed by atoms with E-state index in [1.165, 1.54) is 0 Å². The number of nitrogens with one attached hydrogen (secondary N) is 1. The standard InChI is InChI=1S/C19H19N3O3/c1-11(2)21-19-20-10-12-8-15(17(25-3)9-16(12)22-19)13-6-4-5-7-14(13)18(23)24/h4-11H,1-3H3,(H,23,24)(H,20,21,22). The van der Waals surface area contributed by atoms with Crippen LogP contribution < -0.4 is 10.1 Å². The van der Waals surface area contributed by atoms with Crippen molar-refractivity contribution in [2.24, 2.45) is 0 Å². The molecule has 0 amide bonds. The van der Waals surface area contributed by atoms with Gasteiger partial charge in [0, 0.05) is 29.3 Å². The van der Waals surface area contributed by atoms with Crippen molar-refractivity contribution in [3.8, 4) is 16.9 Å². The van der Waals surface area contributed by atoms with Gasteiger partial charge in [0.05, 0.1) is 18.2 Å². The Bertz CT molecular complexity index is 938. The van der Waals surface area contributed by atoms with Gasteiger partial charge in [-0.15, -0.1) is 0 Å². The molecule has 25 heavy (non-hydrogen) atoms. The Hall–Kier alpha value is -3.15. The smallest absolute Gasteiger partial charge is 0.336 e. The van der Waals surface area contributed by atoms with Gasteiger partial charge in [-0.25, -0.2) is 14.8 Å². The fraction of sp³-hybridized carbons (Fsp3) is 0.211. The number of carboxylic acids is 1. The van der Waals surface area contributed by atoms with Gasteiger partial charge in [-0.05, 0) is 31.5 Å². The highest BCUT2D eigenvalue weighted by Gasteiger charge is 2.16. The van der Waals surface area contributed by atoms with Crippen LogP contribution in [0.1, 0.15) is 24.2 Å². The Labute approximate surface area is 145 Å². The Morgan fingerprint density at radius 3 is 2.64 bits per heavy atom. The number of nitrogens with zero attached hydrogens (tertiary/aromatic N) is 2. The van der Waals surface area contributed by atoms with Crippen molar-refractivity contribution in [3.63, 3.8) is 0 Å². The van der Waals surface area contributed by atoms with Crippen LogP contribution >= 0.6 is 0 Å². The summed E-state index contributed by atoms with van der Waals surface area (Å²) in [6.07, 6.45) is 1.72. The van der Waals surface area contributed by atoms with Gasteiger partial charge in [0.15, 0.2) is 0 Å². The fourth-order valence-electron chi connectivity index (χ4n) is 2.67. The average Bonchev–Trinajstić information content (AvgIpc) is 2.60. The van der Waals surface area contributed by atoms with Crippen molar-refractivity contribution in [2.75, 3.05) is 12.4 Å². The summed E-state index contributed by atoms with van der Waals surface area (Å²) in [6, 6.07) is 10.7. The van der Waals surface area contributed by atoms with Crippen molar-refractivity contribution < 1.29 is 14.6 Å². The number of hydrogen-bond acceptors (Lipinski definition) is 5. The lowest BCUT2D eigenvalue weighted by Crippen LogP contribution is -2.12. The van der Waals surface area contributed by atoms with Crippen LogP contribution in [0.3, 0.4) is 0 Å². The molecule has 1 aromatic heterocycles. The number of ether oxygens (including phenoxy) is 1. The molecule has 0 aliphatic heterocycles. The molecule has 0 radical (unpaired) electrons. The third kappa shape index (κ3) is 3.38. The molecule has 0 spiro atoms. The number of hydrogen-bond donors (Lipinski definition) is 2. The van der Waals surface area contributed by atoms with E-state index < -0.39 is 5.97 Å². The minimum Gasteiger partial charge on any atom is -0.496 e. The summed E-state index contributed by atoms with van der Waals surface area (Å²) in [5, 5.41) is 13.4. The number of carboxylic acid groups (broad SMARTS) is 1. The van der Waals surface area contributed by atoms with Crippen LogP contribution in [-0.4, -0.2) is 34.2 Å². The van der Waals surface area contributed by atoms with Gasteiger partial charge in [0.2, 0.25) is 5.95 Å². The summed E-state index contributed by atoms with van der Waals surface area (Å²) in [4.78, 5) is 20.3. The lowest BCUT2D eigenvalue weighted by Gasteiger charge is -2.13. The zero-order valence-corrected chi connectivity index (χ0v) is 14.3. The molecule has 3 aromatic rings. The van der Waals surface area contributed by atoms with Gasteiger partial charge in [0.25, 0.3) is 0 Å². The molecule has 0 saturated heterocycles. The Kier molecular flexibility index (Phi) is 4.52. The zero-order chi connectivity index (χ0) is 18.0. The van der Waals surface area contributed by atoms with E-state index in [2.05, 4.69) is 15.3 Å². The lowest BCUT2D eigenvalue weighted by atomic mass is 9.97. The Morgan fingerprint density at radius 1 is 1.20 bits per heavy atom. The molecule has 0 unspecified atom stereocenters. The minimum absolute atomic E-state index is 0.221. The molecule has 2 aromatic carbocycles. The van der Waals surface area contributed by atoms with Crippen LogP contribution in [0.2, 0.25) is 0 Å². The highest BCUT2D eigenvalue weighted by Crippen LogP contribution is 2.35. The lowest BCUT2D eigenvalue weighted by molar-refractivity contribution is 0.0697. The summed E-state index contributed by atoms with van der Waals surface area (Å²) in [7, 11) is 1.56. The molecular formula is C19H19N3O3. The number of fused-ring (bicyclic) bond motifs is 1. The van der Waals surface area contributed by atoms with Crippen molar-refractivity contribution in [1.82, 2.24) is 9.97 Å². The highest BCUT2D eigenvalue weighted by molar-refractivity contribution is 5.99. The van der Waals surface area contributed by atoms with Crippen molar-refractivity contribution in [2.45, 2.75) is 19.9 Å². The highest BCUT2D eigenvalue weighted by atomic mass is 16.5. The fourth-order valence-corrected chi connectivity index (χ4v) is 2.67. The van der Waals surface area contributed by atoms with Gasteiger partial charge < -0.3 is 15.2 Å². The number of carbonyl (C=O) groups is 1. The third-order valence-corrected chi connectivity index (χ3v) is 3.77. The second-order valence-corrected chi connectivity index (χ2v) is 5.95. The monoisotopic (exact) mass is 337 g/mol. The van der Waals surface area contributed by atoms with E-state index in [0.717, 1.165) is 10.9 Å². The number of anilines is 1. The summed E-state index contributed by atoms with van der Waals surface area (Å²) < 4.78 is 5.49. The predicted octanol–water partition coefficient (Wildman–Crippen LogP) is 3.82. The molecule has 0 bridgehead atoms. The molecule has 3 rings (SSSR count). The Morgan fingerprint density at radius 2 is 1.96 bits per heavy atom. The van der Waals surface area contributed by atoms with Crippen LogP contribution in [0.15, 0.2) is 42.6 Å². The topological polar surface area (TPSA) is 84.3 Å². The summed E-state index contributed by atoms with van der Waals surface area (Å²) in [5.74, 6) is 0.129. The normalized spacial score (nSPS) is 10.9. The van der Waals surface area contributed by atoms with E-state index in [9.17, 15) is 9.90 Å². The molecule has 128 valence electrons. The molecule has 0 fully saturated rings. The van der Waals surface area contributed by atoms with Crippen LogP contribution in [-0.2, 0) is 0 Å². The molecule has 6 nitrogen and oxygen atoms in total. The van der Waals surface area contributed by atoms with Gasteiger partial charge in [-0.3, -0.25) is 0 Å². The number of aromatic nitrogens is 2. The first-order valence-electron chi connectivity index (χ1n) is 7.93. The summed E-state index contributed by atoms with van der Waals surface area (Å²) >= 11 is 0. The van der Waals surface area contributed by atoms with Gasteiger partial charge in [-0.2, -0.15) is 0 Å². The van der Waals surface area contributed by atoms with E-state index >= 15 is 0 Å². The van der Waals surface area contributed by atoms with E-state index in [1.54, 1.807) is 43.6 Å². The first kappa shape index (κ1) is 16.7. The maximum absolute atomic E-state index is 11.5. The second-order valence-electron chi connectivity index (χ2n) is 5.95. The maximum atomic E-state index is 11.5. The second kappa shape index (κ2) is 6.76. The maximum Gasteiger partial charge on any atom is 0.336 e. The molecule has 0 aliphatic rings. The first-order valence-corrected chi connectivity index (χ1v) is 7.93. The number of methoxy groups -OCH3 is 1. The summed E-state index contributed by atoms with van der Waals surface area (Å²) in [5.41, 5.74) is 2.24. The van der Waals surface area contributed by atoms with Gasteiger partial charge >= 0.3 is 5.97 Å². The van der Waals surface area contributed by atoms with E-state index in [-0.39, 0.29) is 11.6 Å². The van der Waals surface area contributed by atoms with Crippen LogP contribution in [0, 0.1) is 0 Å². The quantitative estimate of drug-likeness (QED) is 0.736. The predicted molar refractivity (Wildman–Crippen MR) is 97.2 cm³/mol. The number of aromatic carboxylic acids is 1. The Balaban J connectivity index is 2.18. The molecule has 1 heterocycles. The molecule has 6 heteroatoms. The van der Waals surface area contributed by atoms with Gasteiger partial charge in [0.1, 0.15) is 5.75 Å². The number of rotatable bonds is 5.